The maximum absolute atomic E-state index is 13.6. The van der Waals surface area contributed by atoms with E-state index < -0.39 is 27.4 Å². The molecule has 1 aromatic heterocycles. The molecule has 172 valence electrons. The molecule has 2 heterocycles. The van der Waals surface area contributed by atoms with E-state index in [0.29, 0.717) is 30.0 Å². The highest BCUT2D eigenvalue weighted by atomic mass is 32.2. The number of benzene rings is 2. The van der Waals surface area contributed by atoms with E-state index in [1.54, 1.807) is 18.2 Å². The van der Waals surface area contributed by atoms with Gasteiger partial charge in [-0.25, -0.2) is 8.42 Å². The zero-order valence-corrected chi connectivity index (χ0v) is 19.6. The van der Waals surface area contributed by atoms with Crippen molar-refractivity contribution in [3.05, 3.63) is 82.3 Å². The summed E-state index contributed by atoms with van der Waals surface area (Å²) in [5, 5.41) is 3.23. The van der Waals surface area contributed by atoms with Crippen LogP contribution in [-0.4, -0.2) is 20.3 Å². The van der Waals surface area contributed by atoms with Crippen LogP contribution in [0.25, 0.3) is 0 Å². The van der Waals surface area contributed by atoms with Crippen molar-refractivity contribution < 1.29 is 22.4 Å². The van der Waals surface area contributed by atoms with Gasteiger partial charge < -0.3 is 14.5 Å². The summed E-state index contributed by atoms with van der Waals surface area (Å²) in [7, 11) is -3.49. The summed E-state index contributed by atoms with van der Waals surface area (Å²) in [6.07, 6.45) is 1.42. The second-order valence-corrected chi connectivity index (χ2v) is 10.7. The average molecular weight is 467 g/mol. The van der Waals surface area contributed by atoms with Gasteiger partial charge in [0.25, 0.3) is 10.0 Å². The van der Waals surface area contributed by atoms with Crippen LogP contribution in [0.3, 0.4) is 0 Å². The molecule has 0 radical (unpaired) electrons. The van der Waals surface area contributed by atoms with Crippen LogP contribution >= 0.6 is 0 Å². The summed E-state index contributed by atoms with van der Waals surface area (Å²) >= 11 is 0. The molecule has 2 aromatic carbocycles. The van der Waals surface area contributed by atoms with E-state index in [1.807, 2.05) is 45.0 Å². The third-order valence-corrected chi connectivity index (χ3v) is 7.37. The summed E-state index contributed by atoms with van der Waals surface area (Å²) in [6.45, 7) is 5.96. The Labute approximate surface area is 193 Å². The van der Waals surface area contributed by atoms with Crippen LogP contribution in [0, 0.1) is 20.8 Å². The minimum Gasteiger partial charge on any atom is -0.474 e. The number of fused-ring (bicyclic) bond motifs is 1. The van der Waals surface area contributed by atoms with Gasteiger partial charge in [-0.1, -0.05) is 29.8 Å². The largest absolute Gasteiger partial charge is 0.474 e. The molecule has 0 spiro atoms. The third kappa shape index (κ3) is 3.99. The first-order chi connectivity index (χ1) is 15.7. The maximum atomic E-state index is 13.6. The molecule has 8 heteroatoms. The molecule has 1 aliphatic carbocycles. The second kappa shape index (κ2) is 7.66. The maximum Gasteiger partial charge on any atom is 0.268 e. The topological polar surface area (TPSA) is 97.6 Å². The van der Waals surface area contributed by atoms with Crippen molar-refractivity contribution >= 4 is 21.6 Å². The lowest BCUT2D eigenvalue weighted by atomic mass is 9.92. The molecule has 7 nitrogen and oxygen atoms in total. The number of carbonyl (C=O) groups excluding carboxylic acids is 1. The fourth-order valence-corrected chi connectivity index (χ4v) is 5.31. The second-order valence-electron chi connectivity index (χ2n) is 8.99. The van der Waals surface area contributed by atoms with E-state index in [0.717, 1.165) is 28.0 Å². The van der Waals surface area contributed by atoms with Gasteiger partial charge in [-0.3, -0.25) is 9.52 Å². The lowest BCUT2D eigenvalue weighted by molar-refractivity contribution is -0.124. The van der Waals surface area contributed by atoms with Crippen LogP contribution in [-0.2, 0) is 20.2 Å². The van der Waals surface area contributed by atoms with Crippen molar-refractivity contribution in [1.29, 1.82) is 0 Å². The summed E-state index contributed by atoms with van der Waals surface area (Å²) < 4.78 is 37.3. The average Bonchev–Trinajstić information content (AvgIpc) is 3.46. The zero-order valence-electron chi connectivity index (χ0n) is 18.8. The number of carbonyl (C=O) groups is 1. The zero-order chi connectivity index (χ0) is 23.4. The number of hydrogen-bond acceptors (Lipinski definition) is 5. The Morgan fingerprint density at radius 3 is 2.52 bits per heavy atom. The predicted octanol–water partition coefficient (Wildman–Crippen LogP) is 4.23. The number of amides is 1. The standard InChI is InChI=1S/C25H26N2O5S/c1-15-4-7-19(16(2)12-15)23(21-9-5-17(3)32-21)26-24(28)25(10-11-25)18-6-8-20-22(13-18)31-14-33(29,30)27-20/h4-9,12-13,23,27H,10-11,14H2,1-3H3,(H,26,28). The van der Waals surface area contributed by atoms with Crippen LogP contribution in [0.2, 0.25) is 0 Å². The highest BCUT2D eigenvalue weighted by Gasteiger charge is 2.52. The summed E-state index contributed by atoms with van der Waals surface area (Å²) in [6, 6.07) is 14.8. The number of furan rings is 1. The Bertz CT molecular complexity index is 1350. The molecule has 1 saturated carbocycles. The minimum absolute atomic E-state index is 0.0853. The van der Waals surface area contributed by atoms with Crippen molar-refractivity contribution in [2.45, 2.75) is 45.1 Å². The molecule has 1 atom stereocenters. The van der Waals surface area contributed by atoms with Crippen molar-refractivity contribution in [2.24, 2.45) is 0 Å². The normalized spacial score (nSPS) is 18.4. The van der Waals surface area contributed by atoms with Gasteiger partial charge in [0.15, 0.2) is 0 Å². The van der Waals surface area contributed by atoms with Crippen molar-refractivity contribution in [3.63, 3.8) is 0 Å². The monoisotopic (exact) mass is 466 g/mol. The van der Waals surface area contributed by atoms with Gasteiger partial charge in [-0.2, -0.15) is 0 Å². The Balaban J connectivity index is 1.46. The van der Waals surface area contributed by atoms with Crippen LogP contribution in [0.5, 0.6) is 5.75 Å². The molecule has 0 bridgehead atoms. The number of ether oxygens (including phenoxy) is 1. The molecule has 0 saturated heterocycles. The van der Waals surface area contributed by atoms with Gasteiger partial charge >= 0.3 is 0 Å². The number of rotatable bonds is 5. The summed E-state index contributed by atoms with van der Waals surface area (Å²) in [5.41, 5.74) is 3.75. The van der Waals surface area contributed by atoms with Gasteiger partial charge in [0.1, 0.15) is 23.3 Å². The van der Waals surface area contributed by atoms with Crippen LogP contribution < -0.4 is 14.8 Å². The van der Waals surface area contributed by atoms with Gasteiger partial charge in [0, 0.05) is 0 Å². The van der Waals surface area contributed by atoms with E-state index in [2.05, 4.69) is 16.1 Å². The molecule has 5 rings (SSSR count). The summed E-state index contributed by atoms with van der Waals surface area (Å²) in [4.78, 5) is 13.6. The van der Waals surface area contributed by atoms with Gasteiger partial charge in [0.2, 0.25) is 11.8 Å². The van der Waals surface area contributed by atoms with Gasteiger partial charge in [-0.15, -0.1) is 0 Å². The lowest BCUT2D eigenvalue weighted by Crippen LogP contribution is -2.38. The third-order valence-electron chi connectivity index (χ3n) is 6.41. The lowest BCUT2D eigenvalue weighted by Gasteiger charge is -2.25. The van der Waals surface area contributed by atoms with Crippen molar-refractivity contribution in [1.82, 2.24) is 5.32 Å². The summed E-state index contributed by atoms with van der Waals surface area (Å²) in [5.74, 6) is 1.39. The van der Waals surface area contributed by atoms with Crippen LogP contribution in [0.4, 0.5) is 5.69 Å². The predicted molar refractivity (Wildman–Crippen MR) is 125 cm³/mol. The van der Waals surface area contributed by atoms with Crippen molar-refractivity contribution in [3.8, 4) is 5.75 Å². The van der Waals surface area contributed by atoms with E-state index >= 15 is 0 Å². The number of anilines is 1. The molecule has 2 aliphatic rings. The van der Waals surface area contributed by atoms with Crippen LogP contribution in [0.1, 0.15) is 52.7 Å². The Hall–Kier alpha value is -3.26. The number of sulfonamides is 1. The van der Waals surface area contributed by atoms with E-state index in [1.165, 1.54) is 0 Å². The molecule has 3 aromatic rings. The molecular formula is C25H26N2O5S. The minimum atomic E-state index is -3.49. The first kappa shape index (κ1) is 21.6. The first-order valence-corrected chi connectivity index (χ1v) is 12.5. The molecule has 2 N–H and O–H groups in total. The SMILES string of the molecule is Cc1ccc(C(NC(=O)C2(c3ccc4c(c3)OCS(=O)(=O)N4)CC2)c2ccc(C)o2)c(C)c1. The number of nitrogens with one attached hydrogen (secondary N) is 2. The molecule has 1 aliphatic heterocycles. The molecule has 33 heavy (non-hydrogen) atoms. The number of aryl methyl sites for hydroxylation is 3. The molecule has 1 amide bonds. The van der Waals surface area contributed by atoms with E-state index in [4.69, 9.17) is 9.15 Å². The Morgan fingerprint density at radius 1 is 1.06 bits per heavy atom. The Kier molecular flexibility index (Phi) is 5.01. The van der Waals surface area contributed by atoms with Crippen molar-refractivity contribution in [2.75, 3.05) is 10.7 Å². The molecule has 1 unspecified atom stereocenters. The van der Waals surface area contributed by atoms with Gasteiger partial charge in [-0.05, 0) is 74.6 Å². The first-order valence-electron chi connectivity index (χ1n) is 10.9. The quantitative estimate of drug-likeness (QED) is 0.586. The molecule has 1 fully saturated rings. The highest BCUT2D eigenvalue weighted by molar-refractivity contribution is 7.92. The highest BCUT2D eigenvalue weighted by Crippen LogP contribution is 2.50. The number of hydrogen-bond donors (Lipinski definition) is 2. The smallest absolute Gasteiger partial charge is 0.268 e. The van der Waals surface area contributed by atoms with Crippen LogP contribution in [0.15, 0.2) is 52.9 Å². The Morgan fingerprint density at radius 2 is 1.85 bits per heavy atom. The molecular weight excluding hydrogens is 440 g/mol. The van der Waals surface area contributed by atoms with Gasteiger partial charge in [0.05, 0.1) is 11.1 Å². The fraction of sp³-hybridized carbons (Fsp3) is 0.320. The fourth-order valence-electron chi connectivity index (χ4n) is 4.46. The van der Waals surface area contributed by atoms with E-state index in [-0.39, 0.29) is 5.91 Å². The van der Waals surface area contributed by atoms with E-state index in [9.17, 15) is 13.2 Å².